The van der Waals surface area contributed by atoms with Gasteiger partial charge in [0.15, 0.2) is 0 Å². The highest BCUT2D eigenvalue weighted by Gasteiger charge is 2.42. The number of benzene rings is 6. The van der Waals surface area contributed by atoms with E-state index in [0.29, 0.717) is 58.0 Å². The lowest BCUT2D eigenvalue weighted by Gasteiger charge is -2.41. The maximum atomic E-state index is 13.0. The highest BCUT2D eigenvalue weighted by atomic mass is 16.4. The average molecular weight is 1890 g/mol. The summed E-state index contributed by atoms with van der Waals surface area (Å²) in [5.74, 6) is -2.01. The van der Waals surface area contributed by atoms with Gasteiger partial charge in [0.25, 0.3) is 0 Å². The van der Waals surface area contributed by atoms with Crippen molar-refractivity contribution in [2.75, 3.05) is 13.1 Å². The molecule has 4 heterocycles. The molecular weight excluding hydrogens is 1720 g/mol. The molecule has 6 aromatic rings. The zero-order chi connectivity index (χ0) is 101. The van der Waals surface area contributed by atoms with Crippen molar-refractivity contribution >= 4 is 47.5 Å². The summed E-state index contributed by atoms with van der Waals surface area (Å²) in [6, 6.07) is 55.7. The van der Waals surface area contributed by atoms with Crippen LogP contribution < -0.4 is 0 Å². The van der Waals surface area contributed by atoms with Gasteiger partial charge < -0.3 is 60.5 Å². The minimum Gasteiger partial charge on any atom is -0.481 e. The van der Waals surface area contributed by atoms with Crippen molar-refractivity contribution in [3.8, 4) is 0 Å². The Labute approximate surface area is 821 Å². The van der Waals surface area contributed by atoms with Gasteiger partial charge >= 0.3 is 23.9 Å². The number of rotatable bonds is 53. The molecule has 20 heteroatoms. The number of carboxylic acids is 4. The fourth-order valence-corrected chi connectivity index (χ4v) is 18.6. The lowest BCUT2D eigenvalue weighted by Crippen LogP contribution is -2.49. The van der Waals surface area contributed by atoms with Crippen LogP contribution in [-0.2, 0) is 66.3 Å². The van der Waals surface area contributed by atoms with Gasteiger partial charge in [0, 0.05) is 62.7 Å². The summed E-state index contributed by atoms with van der Waals surface area (Å²) in [4.78, 5) is 101. The van der Waals surface area contributed by atoms with E-state index in [1.165, 1.54) is 22.3 Å². The van der Waals surface area contributed by atoms with Crippen LogP contribution in [0.2, 0.25) is 0 Å². The smallest absolute Gasteiger partial charge is 0.335 e. The molecule has 0 unspecified atom stereocenters. The van der Waals surface area contributed by atoms with E-state index < -0.39 is 48.3 Å². The summed E-state index contributed by atoms with van der Waals surface area (Å²) in [6.45, 7) is 30.5. The van der Waals surface area contributed by atoms with Crippen LogP contribution in [0.25, 0.3) is 0 Å². The van der Waals surface area contributed by atoms with E-state index >= 15 is 0 Å². The number of hydrogen-bond acceptors (Lipinski definition) is 12. The maximum absolute atomic E-state index is 13.0. The number of amides is 4. The molecule has 4 aliphatic rings. The number of aromatic carboxylic acids is 2. The molecule has 12 atom stereocenters. The molecule has 0 saturated carbocycles. The number of hydrogen-bond donors (Lipinski definition) is 8. The number of aliphatic hydroxyl groups excluding tert-OH is 4. The third kappa shape index (κ3) is 43.4. The highest BCUT2D eigenvalue weighted by Crippen LogP contribution is 2.39. The Bertz CT molecular complexity index is 4570. The molecule has 10 rings (SSSR count). The molecule has 0 bridgehead atoms. The van der Waals surface area contributed by atoms with Crippen LogP contribution in [-0.4, -0.2) is 181 Å². The second-order valence-corrected chi connectivity index (χ2v) is 39.6. The lowest BCUT2D eigenvalue weighted by atomic mass is 9.77. The van der Waals surface area contributed by atoms with E-state index in [-0.39, 0.29) is 112 Å². The fraction of sp³-hybridized carbons (Fsp3) is 0.556. The van der Waals surface area contributed by atoms with Gasteiger partial charge in [0.1, 0.15) is 0 Å². The minimum absolute atomic E-state index is 0.00645. The van der Waals surface area contributed by atoms with Crippen LogP contribution in [0.5, 0.6) is 0 Å². The van der Waals surface area contributed by atoms with Gasteiger partial charge in [-0.1, -0.05) is 296 Å². The summed E-state index contributed by atoms with van der Waals surface area (Å²) in [6.07, 6.45) is 41.6. The number of nitrogens with zero attached hydrogens (tertiary/aromatic N) is 4. The SMILES string of the molecule is CC.CC.C[C@@H](CCCc1ccccc1)[C@H](O)/C=C/[C@H]1CCC(=O)N1C(C)(C)CCC(C)(C)c1ccc(C(=O)O)cc1.C[C@@H](CCCc1ccccc1)[C@H](O)/C=C/[C@H]1CCC(=O)N1C(C)(C)CCCCCCC(=O)O.C[C@@H](CCCc1ccccc1)[C@H](O)/C=C/[C@H]1CCC(=O)N1CCCCCCC(=O)O.C[C@@H](CCCc1ccccc1)[C@H](O)/C=C/[C@H]1CCC(=O)N1CCc1ccc(C(=O)O)cc1. The van der Waals surface area contributed by atoms with Gasteiger partial charge in [-0.15, -0.1) is 0 Å². The molecule has 4 saturated heterocycles. The van der Waals surface area contributed by atoms with Crippen LogP contribution in [0, 0.1) is 23.7 Å². The first kappa shape index (κ1) is 117. The van der Waals surface area contributed by atoms with Crippen LogP contribution in [0.1, 0.15) is 337 Å². The molecular formula is C117H170N4O16. The van der Waals surface area contributed by atoms with Gasteiger partial charge in [-0.2, -0.15) is 0 Å². The van der Waals surface area contributed by atoms with Crippen molar-refractivity contribution in [2.24, 2.45) is 23.7 Å². The Kier molecular flexibility index (Phi) is 54.4. The van der Waals surface area contributed by atoms with Crippen molar-refractivity contribution in [1.29, 1.82) is 0 Å². The second kappa shape index (κ2) is 63.5. The van der Waals surface area contributed by atoms with Gasteiger partial charge in [-0.3, -0.25) is 28.8 Å². The van der Waals surface area contributed by atoms with Crippen molar-refractivity contribution in [3.63, 3.8) is 0 Å². The molecule has 8 N–H and O–H groups in total. The van der Waals surface area contributed by atoms with Crippen LogP contribution in [0.15, 0.2) is 218 Å². The first-order chi connectivity index (χ1) is 65.5. The molecule has 4 fully saturated rings. The molecule has 0 aromatic heterocycles. The zero-order valence-corrected chi connectivity index (χ0v) is 85.3. The molecule has 137 heavy (non-hydrogen) atoms. The molecule has 0 radical (unpaired) electrons. The Morgan fingerprint density at radius 3 is 0.949 bits per heavy atom. The summed E-state index contributed by atoms with van der Waals surface area (Å²) in [5.41, 5.74) is 7.21. The highest BCUT2D eigenvalue weighted by molar-refractivity contribution is 5.88. The first-order valence-corrected chi connectivity index (χ1v) is 51.5. The Morgan fingerprint density at radius 1 is 0.328 bits per heavy atom. The monoisotopic (exact) mass is 1890 g/mol. The predicted molar refractivity (Wildman–Crippen MR) is 554 cm³/mol. The molecule has 4 amide bonds. The van der Waals surface area contributed by atoms with Gasteiger partial charge in [0.2, 0.25) is 23.6 Å². The molecule has 0 spiro atoms. The van der Waals surface area contributed by atoms with E-state index in [1.54, 1.807) is 36.4 Å². The van der Waals surface area contributed by atoms with Crippen molar-refractivity contribution in [3.05, 3.63) is 263 Å². The molecule has 6 aromatic carbocycles. The molecule has 4 aliphatic heterocycles. The zero-order valence-electron chi connectivity index (χ0n) is 85.3. The Balaban J connectivity index is 0.000000319. The van der Waals surface area contributed by atoms with Crippen molar-refractivity contribution < 1.29 is 79.2 Å². The van der Waals surface area contributed by atoms with Gasteiger partial charge in [0.05, 0.1) is 59.7 Å². The Morgan fingerprint density at radius 2 is 0.613 bits per heavy atom. The van der Waals surface area contributed by atoms with Crippen LogP contribution >= 0.6 is 0 Å². The van der Waals surface area contributed by atoms with Crippen LogP contribution in [0.3, 0.4) is 0 Å². The molecule has 20 nitrogen and oxygen atoms in total. The van der Waals surface area contributed by atoms with Crippen molar-refractivity contribution in [1.82, 2.24) is 19.6 Å². The summed E-state index contributed by atoms with van der Waals surface area (Å²) in [7, 11) is 0. The normalized spacial score (nSPS) is 18.0. The second-order valence-electron chi connectivity index (χ2n) is 39.6. The maximum Gasteiger partial charge on any atom is 0.335 e. The largest absolute Gasteiger partial charge is 0.481 e. The first-order valence-electron chi connectivity index (χ1n) is 51.5. The van der Waals surface area contributed by atoms with E-state index in [0.717, 1.165) is 172 Å². The van der Waals surface area contributed by atoms with Gasteiger partial charge in [-0.05, 0) is 262 Å². The number of carbonyl (C=O) groups is 8. The molecule has 0 aliphatic carbocycles. The van der Waals surface area contributed by atoms with E-state index in [2.05, 4.69) is 166 Å². The number of aliphatic hydroxyl groups is 4. The molecule has 754 valence electrons. The standard InChI is InChI=1S/C33H45NO4.C28H43NO4.C27H33NO4.C25H37NO4.2C2H6/c1-24(10-9-13-25-11-7-6-8-12-25)29(35)20-18-28-19-21-30(36)34(28)33(4,5)23-22-32(2,3)27-16-14-26(15-17-27)31(37)38;1-22(12-11-15-23-13-7-6-8-14-23)25(30)19-17-24-18-20-26(31)29(24)28(2,3)21-10-5-4-9-16-27(32)33;1-20(6-5-9-21-7-3-2-4-8-21)25(29)16-14-24-15-17-26(30)28(24)19-18-22-10-12-23(13-11-22)27(31)32;1-20(10-9-13-21-11-5-4-6-12-21)23(27)17-15-22-16-18-24(28)26(22)19-8-3-2-7-14-25(29)30;2*1-2/h6-8,11-12,14-18,20,24,28-29,35H,9-10,13,19,21-23H2,1-5H3,(H,37,38);6-8,13-14,17,19,22,24-25,30H,4-5,9-12,15-16,18,20-21H2,1-3H3,(H,32,33);2-4,7-8,10-14,16,20,24-25,29H,5-6,9,15,17-19H2,1H3,(H,31,32);4-6,11-12,15,17,20,22-23,27H,2-3,7-10,13-14,16,18-19H2,1H3,(H,29,30);2*1-2H3/b20-18+;19-17+;16-14+;17-15+;;/t24-,28-,29+;22-,24-,25+;20-,24-,25+;20-,22-,23+;;/m0000../s1. The van der Waals surface area contributed by atoms with E-state index in [9.17, 15) is 63.9 Å². The number of carboxylic acid groups (broad SMARTS) is 4. The van der Waals surface area contributed by atoms with Crippen molar-refractivity contribution in [2.45, 2.75) is 380 Å². The number of unbranched alkanes of at least 4 members (excludes halogenated alkanes) is 6. The average Bonchev–Trinajstić information content (AvgIpc) is 1.69. The fourth-order valence-electron chi connectivity index (χ4n) is 18.6. The summed E-state index contributed by atoms with van der Waals surface area (Å²) in [5, 5.41) is 78.1. The summed E-state index contributed by atoms with van der Waals surface area (Å²) >= 11 is 0. The number of carbonyl (C=O) groups excluding carboxylic acids is 4. The number of aryl methyl sites for hydroxylation is 4. The summed E-state index contributed by atoms with van der Waals surface area (Å²) < 4.78 is 0. The van der Waals surface area contributed by atoms with E-state index in [4.69, 9.17) is 15.3 Å². The number of aliphatic carboxylic acids is 2. The minimum atomic E-state index is -0.940. The van der Waals surface area contributed by atoms with E-state index in [1.807, 2.05) is 132 Å². The third-order valence-corrected chi connectivity index (χ3v) is 27.5. The van der Waals surface area contributed by atoms with Gasteiger partial charge in [-0.25, -0.2) is 9.59 Å². The predicted octanol–water partition coefficient (Wildman–Crippen LogP) is 23.7. The third-order valence-electron chi connectivity index (χ3n) is 27.5. The Hall–Kier alpha value is -10.1. The van der Waals surface area contributed by atoms with Crippen LogP contribution in [0.4, 0.5) is 0 Å². The number of likely N-dealkylation sites (tertiary alicyclic amines) is 4. The quantitative estimate of drug-likeness (QED) is 0.0130. The topological polar surface area (TPSA) is 311 Å². The lowest BCUT2D eigenvalue weighted by molar-refractivity contribution is -0.138.